The maximum absolute atomic E-state index is 12.9. The molecule has 5 rings (SSSR count). The lowest BCUT2D eigenvalue weighted by molar-refractivity contribution is 0.364. The van der Waals surface area contributed by atoms with Crippen molar-refractivity contribution in [2.75, 3.05) is 6.26 Å². The lowest BCUT2D eigenvalue weighted by Crippen LogP contribution is -2.21. The van der Waals surface area contributed by atoms with Gasteiger partial charge in [-0.05, 0) is 48.2 Å². The van der Waals surface area contributed by atoms with Gasteiger partial charge in [-0.3, -0.25) is 0 Å². The Balaban J connectivity index is 1.37. The predicted molar refractivity (Wildman–Crippen MR) is 129 cm³/mol. The molecule has 0 radical (unpaired) electrons. The molecule has 0 aliphatic rings. The fourth-order valence-electron chi connectivity index (χ4n) is 3.17. The van der Waals surface area contributed by atoms with Gasteiger partial charge >= 0.3 is 5.69 Å². The van der Waals surface area contributed by atoms with Crippen LogP contribution >= 0.6 is 35.1 Å². The first-order chi connectivity index (χ1) is 16.1. The maximum Gasteiger partial charge on any atom is 0.350 e. The summed E-state index contributed by atoms with van der Waals surface area (Å²) in [4.78, 5) is 22.8. The second-order valence-electron chi connectivity index (χ2n) is 7.02. The molecule has 0 saturated heterocycles. The molecule has 0 aliphatic heterocycles. The predicted octanol–water partition coefficient (Wildman–Crippen LogP) is 4.66. The molecule has 33 heavy (non-hydrogen) atoms. The summed E-state index contributed by atoms with van der Waals surface area (Å²) >= 11 is 9.11. The molecule has 0 bridgehead atoms. The van der Waals surface area contributed by atoms with Crippen molar-refractivity contribution in [3.8, 4) is 11.4 Å². The van der Waals surface area contributed by atoms with Gasteiger partial charge in [0.1, 0.15) is 11.6 Å². The lowest BCUT2D eigenvalue weighted by Gasteiger charge is -2.02. The van der Waals surface area contributed by atoms with Crippen LogP contribution in [0.15, 0.2) is 80.2 Å². The molecule has 0 fully saturated rings. The zero-order valence-corrected chi connectivity index (χ0v) is 19.8. The number of benzene rings is 2. The van der Waals surface area contributed by atoms with Gasteiger partial charge in [-0.1, -0.05) is 40.7 Å². The summed E-state index contributed by atoms with van der Waals surface area (Å²) in [5, 5.41) is 9.86. The van der Waals surface area contributed by atoms with Crippen LogP contribution in [0.3, 0.4) is 0 Å². The number of thioether (sulfide) groups is 2. The molecular formula is C22H17ClN6O2S2. The van der Waals surface area contributed by atoms with Gasteiger partial charge in [0.15, 0.2) is 5.65 Å². The molecule has 3 aromatic heterocycles. The molecular weight excluding hydrogens is 480 g/mol. The molecule has 166 valence electrons. The molecule has 11 heteroatoms. The fraction of sp³-hybridized carbons (Fsp3) is 0.136. The summed E-state index contributed by atoms with van der Waals surface area (Å²) in [5.74, 6) is 1.44. The Bertz CT molecular complexity index is 1460. The van der Waals surface area contributed by atoms with Gasteiger partial charge in [0, 0.05) is 33.6 Å². The Morgan fingerprint density at radius 2 is 1.88 bits per heavy atom. The minimum Gasteiger partial charge on any atom is -0.337 e. The van der Waals surface area contributed by atoms with E-state index in [4.69, 9.17) is 16.1 Å². The number of hydrogen-bond donors (Lipinski definition) is 0. The first-order valence-corrected chi connectivity index (χ1v) is 12.5. The van der Waals surface area contributed by atoms with Crippen LogP contribution in [0.2, 0.25) is 5.02 Å². The largest absolute Gasteiger partial charge is 0.350 e. The van der Waals surface area contributed by atoms with Crippen molar-refractivity contribution in [2.45, 2.75) is 22.2 Å². The van der Waals surface area contributed by atoms with Crippen molar-refractivity contribution in [1.82, 2.24) is 29.3 Å². The standard InChI is InChI=1S/C22H17ClN6O2S2/c1-32-17-8-4-15(5-9-17)19-25-18(31-27-19)12-29-22(30)28-11-10-24-21(20(28)26-29)33-13-14-2-6-16(23)7-3-14/h2-11H,12-13H2,1H3. The van der Waals surface area contributed by atoms with Crippen LogP contribution in [-0.4, -0.2) is 35.6 Å². The molecule has 0 N–H and O–H groups in total. The van der Waals surface area contributed by atoms with Crippen molar-refractivity contribution in [1.29, 1.82) is 0 Å². The molecule has 0 spiro atoms. The van der Waals surface area contributed by atoms with Crippen LogP contribution in [0.25, 0.3) is 17.0 Å². The molecule has 3 heterocycles. The van der Waals surface area contributed by atoms with Gasteiger partial charge in [0.2, 0.25) is 11.7 Å². The average molecular weight is 497 g/mol. The van der Waals surface area contributed by atoms with Crippen molar-refractivity contribution in [2.24, 2.45) is 0 Å². The third-order valence-electron chi connectivity index (χ3n) is 4.86. The van der Waals surface area contributed by atoms with Crippen molar-refractivity contribution >= 4 is 40.8 Å². The highest BCUT2D eigenvalue weighted by Gasteiger charge is 2.16. The summed E-state index contributed by atoms with van der Waals surface area (Å²) in [7, 11) is 0. The van der Waals surface area contributed by atoms with Crippen molar-refractivity contribution in [3.05, 3.63) is 87.9 Å². The van der Waals surface area contributed by atoms with Gasteiger partial charge in [0.05, 0.1) is 0 Å². The zero-order chi connectivity index (χ0) is 22.8. The van der Waals surface area contributed by atoms with Gasteiger partial charge in [-0.15, -0.1) is 16.9 Å². The van der Waals surface area contributed by atoms with Crippen LogP contribution in [0.1, 0.15) is 11.5 Å². The van der Waals surface area contributed by atoms with Gasteiger partial charge in [-0.2, -0.15) is 4.98 Å². The van der Waals surface area contributed by atoms with Gasteiger partial charge in [-0.25, -0.2) is 18.9 Å². The number of hydrogen-bond acceptors (Lipinski definition) is 8. The maximum atomic E-state index is 12.9. The van der Waals surface area contributed by atoms with E-state index < -0.39 is 0 Å². The van der Waals surface area contributed by atoms with Crippen LogP contribution in [0.4, 0.5) is 0 Å². The van der Waals surface area contributed by atoms with Crippen LogP contribution in [-0.2, 0) is 12.3 Å². The topological polar surface area (TPSA) is 91.1 Å². The van der Waals surface area contributed by atoms with Crippen molar-refractivity contribution in [3.63, 3.8) is 0 Å². The number of halogens is 1. The summed E-state index contributed by atoms with van der Waals surface area (Å²) in [6.45, 7) is 0.0672. The third-order valence-corrected chi connectivity index (χ3v) is 6.89. The second-order valence-corrected chi connectivity index (χ2v) is 9.30. The molecule has 0 saturated carbocycles. The van der Waals surface area contributed by atoms with Gasteiger partial charge in [0.25, 0.3) is 0 Å². The molecule has 8 nitrogen and oxygen atoms in total. The van der Waals surface area contributed by atoms with E-state index in [1.165, 1.54) is 20.8 Å². The normalized spacial score (nSPS) is 11.3. The van der Waals surface area contributed by atoms with E-state index in [1.54, 1.807) is 24.2 Å². The quantitative estimate of drug-likeness (QED) is 0.300. The van der Waals surface area contributed by atoms with Crippen molar-refractivity contribution < 1.29 is 4.52 Å². The fourth-order valence-corrected chi connectivity index (χ4v) is 4.60. The Hall–Kier alpha value is -3.08. The minimum atomic E-state index is -0.301. The Kier molecular flexibility index (Phi) is 6.21. The SMILES string of the molecule is CSc1ccc(-c2noc(Cn3nc4c(SCc5ccc(Cl)cc5)nccn4c3=O)n2)cc1. The molecule has 0 amide bonds. The summed E-state index contributed by atoms with van der Waals surface area (Å²) in [6.07, 6.45) is 5.21. The highest BCUT2D eigenvalue weighted by atomic mass is 35.5. The second kappa shape index (κ2) is 9.42. The molecule has 0 aliphatic carbocycles. The zero-order valence-electron chi connectivity index (χ0n) is 17.4. The van der Waals surface area contributed by atoms with E-state index in [-0.39, 0.29) is 12.2 Å². The number of fused-ring (bicyclic) bond motifs is 1. The lowest BCUT2D eigenvalue weighted by atomic mass is 10.2. The number of rotatable bonds is 7. The first kappa shape index (κ1) is 21.7. The van der Waals surface area contributed by atoms with E-state index in [2.05, 4.69) is 20.2 Å². The highest BCUT2D eigenvalue weighted by molar-refractivity contribution is 7.98. The first-order valence-electron chi connectivity index (χ1n) is 9.89. The molecule has 0 unspecified atom stereocenters. The highest BCUT2D eigenvalue weighted by Crippen LogP contribution is 2.24. The van der Waals surface area contributed by atoms with E-state index in [0.29, 0.717) is 33.2 Å². The van der Waals surface area contributed by atoms with E-state index >= 15 is 0 Å². The monoisotopic (exact) mass is 496 g/mol. The summed E-state index contributed by atoms with van der Waals surface area (Å²) in [6, 6.07) is 15.5. The van der Waals surface area contributed by atoms with E-state index in [1.807, 2.05) is 54.8 Å². The smallest absolute Gasteiger partial charge is 0.337 e. The molecule has 2 aromatic carbocycles. The Morgan fingerprint density at radius 3 is 2.64 bits per heavy atom. The summed E-state index contributed by atoms with van der Waals surface area (Å²) in [5.41, 5.74) is 2.12. The van der Waals surface area contributed by atoms with Crippen LogP contribution < -0.4 is 5.69 Å². The van der Waals surface area contributed by atoms with Gasteiger partial charge < -0.3 is 4.52 Å². The Labute approximate surface area is 202 Å². The summed E-state index contributed by atoms with van der Waals surface area (Å²) < 4.78 is 8.14. The van der Waals surface area contributed by atoms with Crippen LogP contribution in [0.5, 0.6) is 0 Å². The average Bonchev–Trinajstić information content (AvgIpc) is 3.44. The third kappa shape index (κ3) is 4.68. The minimum absolute atomic E-state index is 0.0672. The molecule has 0 atom stereocenters. The van der Waals surface area contributed by atoms with E-state index in [9.17, 15) is 4.79 Å². The number of aromatic nitrogens is 6. The van der Waals surface area contributed by atoms with E-state index in [0.717, 1.165) is 16.0 Å². The Morgan fingerprint density at radius 1 is 1.09 bits per heavy atom. The molecule has 5 aromatic rings. The number of nitrogens with zero attached hydrogens (tertiary/aromatic N) is 6. The van der Waals surface area contributed by atoms with Crippen LogP contribution in [0, 0.1) is 0 Å².